The van der Waals surface area contributed by atoms with Gasteiger partial charge < -0.3 is 20.1 Å². The second-order valence-electron chi connectivity index (χ2n) is 8.30. The molecule has 0 saturated carbocycles. The molecule has 0 atom stereocenters. The van der Waals surface area contributed by atoms with Crippen molar-refractivity contribution in [3.63, 3.8) is 0 Å². The fraction of sp³-hybridized carbons (Fsp3) is 0.375. The minimum absolute atomic E-state index is 0.548. The van der Waals surface area contributed by atoms with E-state index in [9.17, 15) is 0 Å². The largest absolute Gasteiger partial charge is 0.355 e. The quantitative estimate of drug-likeness (QED) is 0.603. The molecule has 2 N–H and O–H groups in total. The van der Waals surface area contributed by atoms with E-state index in [2.05, 4.69) is 54.8 Å². The average molecular weight is 416 g/mol. The SMILES string of the molecule is C#Cc1cc(-c2ccnc(-c3cnc(N(C)CC(C)C)nc3)c2)[nH]c1N1CCNCC1. The molecule has 0 radical (unpaired) electrons. The van der Waals surface area contributed by atoms with Gasteiger partial charge in [-0.15, -0.1) is 6.42 Å². The summed E-state index contributed by atoms with van der Waals surface area (Å²) in [5.41, 5.74) is 4.62. The fourth-order valence-electron chi connectivity index (χ4n) is 3.88. The third-order valence-corrected chi connectivity index (χ3v) is 5.37. The maximum absolute atomic E-state index is 5.79. The second kappa shape index (κ2) is 9.19. The summed E-state index contributed by atoms with van der Waals surface area (Å²) in [6.45, 7) is 9.06. The van der Waals surface area contributed by atoms with E-state index in [1.807, 2.05) is 43.8 Å². The van der Waals surface area contributed by atoms with Crippen LogP contribution in [0, 0.1) is 18.3 Å². The Hall–Kier alpha value is -3.37. The lowest BCUT2D eigenvalue weighted by Gasteiger charge is -2.28. The number of aromatic nitrogens is 4. The minimum atomic E-state index is 0.548. The molecule has 7 nitrogen and oxygen atoms in total. The normalized spacial score (nSPS) is 14.0. The number of piperazine rings is 1. The summed E-state index contributed by atoms with van der Waals surface area (Å²) in [4.78, 5) is 21.5. The van der Waals surface area contributed by atoms with Crippen molar-refractivity contribution in [3.8, 4) is 34.9 Å². The van der Waals surface area contributed by atoms with Crippen molar-refractivity contribution in [1.29, 1.82) is 0 Å². The summed E-state index contributed by atoms with van der Waals surface area (Å²) in [5, 5.41) is 3.38. The molecule has 3 aromatic rings. The van der Waals surface area contributed by atoms with Crippen LogP contribution in [-0.4, -0.2) is 59.7 Å². The molecule has 31 heavy (non-hydrogen) atoms. The number of hydrogen-bond donors (Lipinski definition) is 2. The zero-order chi connectivity index (χ0) is 21.8. The third kappa shape index (κ3) is 4.70. The molecule has 160 valence electrons. The topological polar surface area (TPSA) is 73.0 Å². The van der Waals surface area contributed by atoms with Crippen LogP contribution in [0.3, 0.4) is 0 Å². The smallest absolute Gasteiger partial charge is 0.225 e. The molecular formula is C24H29N7. The highest BCUT2D eigenvalue weighted by atomic mass is 15.2. The minimum Gasteiger partial charge on any atom is -0.355 e. The first kappa shape index (κ1) is 20.9. The number of anilines is 2. The van der Waals surface area contributed by atoms with Crippen molar-refractivity contribution in [3.05, 3.63) is 42.4 Å². The van der Waals surface area contributed by atoms with Gasteiger partial charge in [-0.1, -0.05) is 19.8 Å². The average Bonchev–Trinajstić information content (AvgIpc) is 3.24. The number of nitrogens with zero attached hydrogens (tertiary/aromatic N) is 5. The van der Waals surface area contributed by atoms with E-state index in [1.165, 1.54) is 0 Å². The summed E-state index contributed by atoms with van der Waals surface area (Å²) in [5.74, 6) is 5.11. The predicted molar refractivity (Wildman–Crippen MR) is 126 cm³/mol. The Morgan fingerprint density at radius 3 is 2.55 bits per heavy atom. The van der Waals surface area contributed by atoms with E-state index in [0.717, 1.165) is 72.6 Å². The van der Waals surface area contributed by atoms with Gasteiger partial charge in [-0.25, -0.2) is 9.97 Å². The van der Waals surface area contributed by atoms with Crippen LogP contribution in [-0.2, 0) is 0 Å². The lowest BCUT2D eigenvalue weighted by Crippen LogP contribution is -2.44. The first-order valence-corrected chi connectivity index (χ1v) is 10.7. The molecule has 0 unspecified atom stereocenters. The van der Waals surface area contributed by atoms with Gasteiger partial charge in [0.1, 0.15) is 5.82 Å². The molecule has 1 aliphatic heterocycles. The van der Waals surface area contributed by atoms with Gasteiger partial charge in [-0.3, -0.25) is 4.98 Å². The first-order valence-electron chi connectivity index (χ1n) is 10.7. The highest BCUT2D eigenvalue weighted by Gasteiger charge is 2.17. The van der Waals surface area contributed by atoms with Crippen molar-refractivity contribution in [2.75, 3.05) is 49.6 Å². The number of pyridine rings is 1. The zero-order valence-corrected chi connectivity index (χ0v) is 18.4. The molecule has 4 rings (SSSR count). The van der Waals surface area contributed by atoms with Crippen LogP contribution in [0.4, 0.5) is 11.8 Å². The van der Waals surface area contributed by atoms with E-state index in [4.69, 9.17) is 6.42 Å². The summed E-state index contributed by atoms with van der Waals surface area (Å²) in [6, 6.07) is 6.07. The maximum Gasteiger partial charge on any atom is 0.225 e. The second-order valence-corrected chi connectivity index (χ2v) is 8.30. The lowest BCUT2D eigenvalue weighted by molar-refractivity contribution is 0.585. The van der Waals surface area contributed by atoms with Crippen LogP contribution >= 0.6 is 0 Å². The van der Waals surface area contributed by atoms with Crippen molar-refractivity contribution in [2.24, 2.45) is 5.92 Å². The van der Waals surface area contributed by atoms with Gasteiger partial charge in [0.2, 0.25) is 5.95 Å². The monoisotopic (exact) mass is 415 g/mol. The molecule has 1 aliphatic rings. The van der Waals surface area contributed by atoms with Crippen molar-refractivity contribution in [2.45, 2.75) is 13.8 Å². The van der Waals surface area contributed by atoms with Crippen LogP contribution in [0.15, 0.2) is 36.8 Å². The molecule has 0 bridgehead atoms. The number of aromatic amines is 1. The van der Waals surface area contributed by atoms with Gasteiger partial charge >= 0.3 is 0 Å². The predicted octanol–water partition coefficient (Wildman–Crippen LogP) is 3.02. The van der Waals surface area contributed by atoms with Gasteiger partial charge in [0, 0.05) is 75.2 Å². The molecule has 3 aromatic heterocycles. The van der Waals surface area contributed by atoms with Crippen LogP contribution in [0.2, 0.25) is 0 Å². The van der Waals surface area contributed by atoms with Gasteiger partial charge in [0.05, 0.1) is 11.3 Å². The Labute approximate surface area is 183 Å². The molecule has 7 heteroatoms. The summed E-state index contributed by atoms with van der Waals surface area (Å²) in [7, 11) is 2.01. The molecule has 4 heterocycles. The zero-order valence-electron chi connectivity index (χ0n) is 18.4. The van der Waals surface area contributed by atoms with Gasteiger partial charge in [0.15, 0.2) is 0 Å². The van der Waals surface area contributed by atoms with Crippen molar-refractivity contribution in [1.82, 2.24) is 25.3 Å². The summed E-state index contributed by atoms with van der Waals surface area (Å²) < 4.78 is 0. The highest BCUT2D eigenvalue weighted by molar-refractivity contribution is 5.73. The van der Waals surface area contributed by atoms with E-state index >= 15 is 0 Å². The molecule has 0 aliphatic carbocycles. The highest BCUT2D eigenvalue weighted by Crippen LogP contribution is 2.29. The maximum atomic E-state index is 5.79. The van der Waals surface area contributed by atoms with Crippen LogP contribution in [0.1, 0.15) is 19.4 Å². The Kier molecular flexibility index (Phi) is 6.19. The number of terminal acetylenes is 1. The van der Waals surface area contributed by atoms with E-state index in [1.54, 1.807) is 0 Å². The number of hydrogen-bond acceptors (Lipinski definition) is 6. The summed E-state index contributed by atoms with van der Waals surface area (Å²) in [6.07, 6.45) is 11.3. The number of nitrogens with one attached hydrogen (secondary N) is 2. The third-order valence-electron chi connectivity index (χ3n) is 5.37. The van der Waals surface area contributed by atoms with Crippen molar-refractivity contribution >= 4 is 11.8 Å². The van der Waals surface area contributed by atoms with Gasteiger partial charge in [-0.2, -0.15) is 0 Å². The summed E-state index contributed by atoms with van der Waals surface area (Å²) >= 11 is 0. The van der Waals surface area contributed by atoms with Gasteiger partial charge in [0.25, 0.3) is 0 Å². The van der Waals surface area contributed by atoms with E-state index in [-0.39, 0.29) is 0 Å². The Morgan fingerprint density at radius 1 is 1.13 bits per heavy atom. The molecule has 0 aromatic carbocycles. The van der Waals surface area contributed by atoms with Gasteiger partial charge in [-0.05, 0) is 24.1 Å². The van der Waals surface area contributed by atoms with Crippen molar-refractivity contribution < 1.29 is 0 Å². The first-order chi connectivity index (χ1) is 15.0. The Balaban J connectivity index is 1.59. The fourth-order valence-corrected chi connectivity index (χ4v) is 3.88. The molecule has 1 saturated heterocycles. The lowest BCUT2D eigenvalue weighted by atomic mass is 10.1. The Morgan fingerprint density at radius 2 is 1.87 bits per heavy atom. The van der Waals surface area contributed by atoms with Crippen LogP contribution in [0.5, 0.6) is 0 Å². The number of H-pyrrole nitrogens is 1. The molecule has 1 fully saturated rings. The molecule has 0 amide bonds. The standard InChI is InChI=1S/C24H29N7/c1-5-18-12-22(29-23(18)31-10-8-25-9-11-31)19-6-7-26-21(13-19)20-14-27-24(28-15-20)30(4)16-17(2)3/h1,6-7,12-15,17,25,29H,8-11,16H2,2-4H3. The van der Waals surface area contributed by atoms with Crippen LogP contribution < -0.4 is 15.1 Å². The van der Waals surface area contributed by atoms with Crippen LogP contribution in [0.25, 0.3) is 22.5 Å². The molecule has 0 spiro atoms. The molecular weight excluding hydrogens is 386 g/mol. The van der Waals surface area contributed by atoms with E-state index < -0.39 is 0 Å². The Bertz CT molecular complexity index is 1060. The number of rotatable bonds is 6. The van der Waals surface area contributed by atoms with E-state index in [0.29, 0.717) is 5.92 Å².